The highest BCUT2D eigenvalue weighted by Gasteiger charge is 2.08. The van der Waals surface area contributed by atoms with Crippen molar-refractivity contribution >= 4 is 28.8 Å². The van der Waals surface area contributed by atoms with Crippen LogP contribution in [0.4, 0.5) is 0 Å². The van der Waals surface area contributed by atoms with Crippen LogP contribution >= 0.6 is 22.9 Å². The molecular weight excluding hydrogens is 208 g/mol. The molecule has 1 aromatic rings. The molecule has 5 heteroatoms. The molecule has 0 unspecified atom stereocenters. The Labute approximate surface area is 86.3 Å². The Hall–Kier alpha value is -0.610. The summed E-state index contributed by atoms with van der Waals surface area (Å²) in [7, 11) is 1.76. The fraction of sp³-hybridized carbons (Fsp3) is 0.500. The number of alkyl halides is 1. The SMILES string of the molecule is CN(Cc1cscn1)C(=O)CCCl. The van der Waals surface area contributed by atoms with Crippen molar-refractivity contribution < 1.29 is 4.79 Å². The minimum atomic E-state index is 0.0583. The number of amides is 1. The lowest BCUT2D eigenvalue weighted by molar-refractivity contribution is -0.130. The lowest BCUT2D eigenvalue weighted by Gasteiger charge is -2.14. The molecule has 0 saturated carbocycles. The van der Waals surface area contributed by atoms with Gasteiger partial charge < -0.3 is 4.90 Å². The minimum absolute atomic E-state index is 0.0583. The van der Waals surface area contributed by atoms with Gasteiger partial charge in [0.2, 0.25) is 5.91 Å². The van der Waals surface area contributed by atoms with Crippen LogP contribution in [0.2, 0.25) is 0 Å². The van der Waals surface area contributed by atoms with E-state index in [1.807, 2.05) is 5.38 Å². The highest BCUT2D eigenvalue weighted by Crippen LogP contribution is 2.05. The van der Waals surface area contributed by atoms with Crippen LogP contribution in [-0.4, -0.2) is 28.7 Å². The maximum Gasteiger partial charge on any atom is 0.223 e. The van der Waals surface area contributed by atoms with Gasteiger partial charge in [0.25, 0.3) is 0 Å². The topological polar surface area (TPSA) is 33.2 Å². The number of carbonyl (C=O) groups excluding carboxylic acids is 1. The molecule has 1 amide bonds. The number of aromatic nitrogens is 1. The largest absolute Gasteiger partial charge is 0.340 e. The summed E-state index contributed by atoms with van der Waals surface area (Å²) in [5.41, 5.74) is 2.69. The molecule has 3 nitrogen and oxygen atoms in total. The first kappa shape index (κ1) is 10.5. The highest BCUT2D eigenvalue weighted by molar-refractivity contribution is 7.07. The molecule has 72 valence electrons. The van der Waals surface area contributed by atoms with Gasteiger partial charge >= 0.3 is 0 Å². The van der Waals surface area contributed by atoms with Gasteiger partial charge in [0.15, 0.2) is 0 Å². The molecule has 0 fully saturated rings. The quantitative estimate of drug-likeness (QED) is 0.722. The molecule has 0 spiro atoms. The fourth-order valence-electron chi connectivity index (χ4n) is 0.918. The number of carbonyl (C=O) groups is 1. The summed E-state index contributed by atoms with van der Waals surface area (Å²) in [6.45, 7) is 0.569. The van der Waals surface area contributed by atoms with E-state index in [1.165, 1.54) is 11.3 Å². The summed E-state index contributed by atoms with van der Waals surface area (Å²) in [5, 5.41) is 1.93. The van der Waals surface area contributed by atoms with Gasteiger partial charge in [0.05, 0.1) is 17.7 Å². The Morgan fingerprint density at radius 1 is 1.77 bits per heavy atom. The number of halogens is 1. The second-order valence-corrected chi connectivity index (χ2v) is 3.77. The third kappa shape index (κ3) is 3.32. The molecule has 0 radical (unpaired) electrons. The minimum Gasteiger partial charge on any atom is -0.340 e. The molecule has 0 bridgehead atoms. The summed E-state index contributed by atoms with van der Waals surface area (Å²) in [5.74, 6) is 0.434. The first-order chi connectivity index (χ1) is 6.24. The number of rotatable bonds is 4. The van der Waals surface area contributed by atoms with Crippen molar-refractivity contribution in [1.29, 1.82) is 0 Å². The van der Waals surface area contributed by atoms with Crippen LogP contribution in [0, 0.1) is 0 Å². The third-order valence-corrected chi connectivity index (χ3v) is 2.44. The lowest BCUT2D eigenvalue weighted by atomic mass is 10.4. The van der Waals surface area contributed by atoms with Crippen LogP contribution in [0.1, 0.15) is 12.1 Å². The molecule has 0 saturated heterocycles. The summed E-state index contributed by atoms with van der Waals surface area (Å²) in [6.07, 6.45) is 0.391. The summed E-state index contributed by atoms with van der Waals surface area (Å²) >= 11 is 6.99. The van der Waals surface area contributed by atoms with Gasteiger partial charge in [-0.1, -0.05) is 0 Å². The molecule has 1 heterocycles. The molecule has 1 rings (SSSR count). The van der Waals surface area contributed by atoms with E-state index in [-0.39, 0.29) is 5.91 Å². The van der Waals surface area contributed by atoms with Crippen LogP contribution in [0.15, 0.2) is 10.9 Å². The van der Waals surface area contributed by atoms with Crippen molar-refractivity contribution in [2.24, 2.45) is 0 Å². The van der Waals surface area contributed by atoms with E-state index in [2.05, 4.69) is 4.98 Å². The second-order valence-electron chi connectivity index (χ2n) is 2.67. The van der Waals surface area contributed by atoms with Crippen LogP contribution in [0.25, 0.3) is 0 Å². The van der Waals surface area contributed by atoms with E-state index in [0.717, 1.165) is 5.69 Å². The Balaban J connectivity index is 2.41. The van der Waals surface area contributed by atoms with Crippen molar-refractivity contribution in [1.82, 2.24) is 9.88 Å². The van der Waals surface area contributed by atoms with Gasteiger partial charge in [0, 0.05) is 24.7 Å². The second kappa shape index (κ2) is 5.19. The lowest BCUT2D eigenvalue weighted by Crippen LogP contribution is -2.26. The molecule has 13 heavy (non-hydrogen) atoms. The average molecular weight is 219 g/mol. The first-order valence-corrected chi connectivity index (χ1v) is 5.38. The number of hydrogen-bond acceptors (Lipinski definition) is 3. The van der Waals surface area contributed by atoms with E-state index in [9.17, 15) is 4.79 Å². The first-order valence-electron chi connectivity index (χ1n) is 3.91. The Bertz CT molecular complexity index is 263. The van der Waals surface area contributed by atoms with E-state index >= 15 is 0 Å². The molecule has 0 aliphatic heterocycles. The maximum atomic E-state index is 11.3. The molecule has 0 aliphatic carbocycles. The van der Waals surface area contributed by atoms with Crippen molar-refractivity contribution in [2.45, 2.75) is 13.0 Å². The monoisotopic (exact) mass is 218 g/mol. The van der Waals surface area contributed by atoms with Crippen LogP contribution in [0.5, 0.6) is 0 Å². The Morgan fingerprint density at radius 3 is 3.08 bits per heavy atom. The molecule has 0 N–H and O–H groups in total. The molecular formula is C8H11ClN2OS. The number of nitrogens with zero attached hydrogens (tertiary/aromatic N) is 2. The van der Waals surface area contributed by atoms with Crippen LogP contribution in [-0.2, 0) is 11.3 Å². The summed E-state index contributed by atoms with van der Waals surface area (Å²) in [6, 6.07) is 0. The van der Waals surface area contributed by atoms with Crippen molar-refractivity contribution in [3.63, 3.8) is 0 Å². The molecule has 0 aliphatic rings. The maximum absolute atomic E-state index is 11.3. The number of hydrogen-bond donors (Lipinski definition) is 0. The fourth-order valence-corrected chi connectivity index (χ4v) is 1.63. The average Bonchev–Trinajstić information content (AvgIpc) is 2.57. The molecule has 0 atom stereocenters. The third-order valence-electron chi connectivity index (χ3n) is 1.62. The van der Waals surface area contributed by atoms with Crippen molar-refractivity contribution in [3.8, 4) is 0 Å². The van der Waals surface area contributed by atoms with Gasteiger partial charge in [-0.05, 0) is 0 Å². The van der Waals surface area contributed by atoms with Gasteiger partial charge in [-0.3, -0.25) is 4.79 Å². The normalized spacial score (nSPS) is 10.0. The van der Waals surface area contributed by atoms with E-state index < -0.39 is 0 Å². The van der Waals surface area contributed by atoms with Gasteiger partial charge in [-0.2, -0.15) is 0 Å². The van der Waals surface area contributed by atoms with E-state index in [4.69, 9.17) is 11.6 Å². The molecule has 1 aromatic heterocycles. The van der Waals surface area contributed by atoms with Crippen LogP contribution in [0.3, 0.4) is 0 Å². The van der Waals surface area contributed by atoms with Gasteiger partial charge in [-0.15, -0.1) is 22.9 Å². The zero-order valence-electron chi connectivity index (χ0n) is 7.36. The Morgan fingerprint density at radius 2 is 2.54 bits per heavy atom. The van der Waals surface area contributed by atoms with Crippen LogP contribution < -0.4 is 0 Å². The summed E-state index contributed by atoms with van der Waals surface area (Å²) < 4.78 is 0. The highest BCUT2D eigenvalue weighted by atomic mass is 35.5. The van der Waals surface area contributed by atoms with Crippen molar-refractivity contribution in [2.75, 3.05) is 12.9 Å². The number of thiazole rings is 1. The van der Waals surface area contributed by atoms with E-state index in [1.54, 1.807) is 17.5 Å². The van der Waals surface area contributed by atoms with Gasteiger partial charge in [-0.25, -0.2) is 4.98 Å². The van der Waals surface area contributed by atoms with E-state index in [0.29, 0.717) is 18.8 Å². The Kier molecular flexibility index (Phi) is 4.18. The zero-order valence-corrected chi connectivity index (χ0v) is 8.94. The predicted molar refractivity (Wildman–Crippen MR) is 53.9 cm³/mol. The van der Waals surface area contributed by atoms with Crippen molar-refractivity contribution in [3.05, 3.63) is 16.6 Å². The smallest absolute Gasteiger partial charge is 0.223 e. The zero-order chi connectivity index (χ0) is 9.68. The summed E-state index contributed by atoms with van der Waals surface area (Å²) in [4.78, 5) is 17.0. The predicted octanol–water partition coefficient (Wildman–Crippen LogP) is 1.73. The van der Waals surface area contributed by atoms with Gasteiger partial charge in [0.1, 0.15) is 0 Å². The molecule has 0 aromatic carbocycles. The standard InChI is InChI=1S/C8H11ClN2OS/c1-11(8(12)2-3-9)4-7-5-13-6-10-7/h5-6H,2-4H2,1H3.